The molecule has 0 bridgehead atoms. The molecule has 0 saturated carbocycles. The summed E-state index contributed by atoms with van der Waals surface area (Å²) in [5.41, 5.74) is 1.67. The van der Waals surface area contributed by atoms with Crippen molar-refractivity contribution in [3.05, 3.63) is 39.9 Å². The molecule has 4 nitrogen and oxygen atoms in total. The number of nitrogens with one attached hydrogen (secondary N) is 1. The smallest absolute Gasteiger partial charge is 0.263 e. The first kappa shape index (κ1) is 16.9. The summed E-state index contributed by atoms with van der Waals surface area (Å²) >= 11 is 7.38. The molecule has 0 fully saturated rings. The topological polar surface area (TPSA) is 51.2 Å². The van der Waals surface area contributed by atoms with Gasteiger partial charge in [-0.25, -0.2) is 4.98 Å². The summed E-state index contributed by atoms with van der Waals surface area (Å²) in [4.78, 5) is 17.3. The zero-order valence-electron chi connectivity index (χ0n) is 12.7. The van der Waals surface area contributed by atoms with E-state index in [0.29, 0.717) is 29.7 Å². The minimum atomic E-state index is -0.0835. The van der Waals surface area contributed by atoms with E-state index in [9.17, 15) is 4.79 Å². The number of ether oxygens (including phenoxy) is 1. The SMILES string of the molecule is CCOCCCNC(=O)c1sc(-c2cccc(Cl)c2)nc1C. The van der Waals surface area contributed by atoms with Crippen molar-refractivity contribution in [2.45, 2.75) is 20.3 Å². The van der Waals surface area contributed by atoms with Crippen LogP contribution in [0.2, 0.25) is 5.02 Å². The number of hydrogen-bond donors (Lipinski definition) is 1. The van der Waals surface area contributed by atoms with Gasteiger partial charge in [0.05, 0.1) is 5.69 Å². The highest BCUT2D eigenvalue weighted by Crippen LogP contribution is 2.29. The molecule has 0 radical (unpaired) electrons. The Balaban J connectivity index is 2.02. The minimum absolute atomic E-state index is 0.0835. The van der Waals surface area contributed by atoms with Gasteiger partial charge < -0.3 is 10.1 Å². The molecule has 0 saturated heterocycles. The molecule has 1 aromatic carbocycles. The van der Waals surface area contributed by atoms with Crippen LogP contribution < -0.4 is 5.32 Å². The van der Waals surface area contributed by atoms with E-state index in [1.54, 1.807) is 0 Å². The maximum Gasteiger partial charge on any atom is 0.263 e. The van der Waals surface area contributed by atoms with Crippen LogP contribution in [0.4, 0.5) is 0 Å². The number of carbonyl (C=O) groups excluding carboxylic acids is 1. The van der Waals surface area contributed by atoms with Crippen LogP contribution in [0.15, 0.2) is 24.3 Å². The van der Waals surface area contributed by atoms with E-state index in [-0.39, 0.29) is 5.91 Å². The van der Waals surface area contributed by atoms with E-state index in [1.807, 2.05) is 38.1 Å². The molecule has 6 heteroatoms. The standard InChI is InChI=1S/C16H19ClN2O2S/c1-3-21-9-5-8-18-15(20)14-11(2)19-16(22-14)12-6-4-7-13(17)10-12/h4,6-7,10H,3,5,8-9H2,1-2H3,(H,18,20). The van der Waals surface area contributed by atoms with E-state index in [4.69, 9.17) is 16.3 Å². The first-order valence-corrected chi connectivity index (χ1v) is 8.40. The summed E-state index contributed by atoms with van der Waals surface area (Å²) in [6, 6.07) is 7.48. The Morgan fingerprint density at radius 3 is 3.00 bits per heavy atom. The molecule has 118 valence electrons. The van der Waals surface area contributed by atoms with Gasteiger partial charge in [-0.2, -0.15) is 0 Å². The highest BCUT2D eigenvalue weighted by atomic mass is 35.5. The molecule has 22 heavy (non-hydrogen) atoms. The van der Waals surface area contributed by atoms with Gasteiger partial charge in [0.2, 0.25) is 0 Å². The van der Waals surface area contributed by atoms with Crippen LogP contribution in [-0.4, -0.2) is 30.6 Å². The third-order valence-electron chi connectivity index (χ3n) is 3.03. The van der Waals surface area contributed by atoms with Gasteiger partial charge in [-0.1, -0.05) is 23.7 Å². The molecule has 2 rings (SSSR count). The van der Waals surface area contributed by atoms with Gasteiger partial charge in [0.25, 0.3) is 5.91 Å². The number of nitrogens with zero attached hydrogens (tertiary/aromatic N) is 1. The summed E-state index contributed by atoms with van der Waals surface area (Å²) in [5.74, 6) is -0.0835. The molecule has 0 aliphatic rings. The Morgan fingerprint density at radius 2 is 2.27 bits per heavy atom. The van der Waals surface area contributed by atoms with Crippen molar-refractivity contribution >= 4 is 28.8 Å². The zero-order chi connectivity index (χ0) is 15.9. The van der Waals surface area contributed by atoms with Crippen molar-refractivity contribution in [3.8, 4) is 10.6 Å². The number of thiazole rings is 1. The number of aromatic nitrogens is 1. The number of halogens is 1. The number of benzene rings is 1. The number of hydrogen-bond acceptors (Lipinski definition) is 4. The maximum atomic E-state index is 12.2. The molecular formula is C16H19ClN2O2S. The summed E-state index contributed by atoms with van der Waals surface area (Å²) in [5, 5.41) is 4.36. The monoisotopic (exact) mass is 338 g/mol. The quantitative estimate of drug-likeness (QED) is 0.778. The lowest BCUT2D eigenvalue weighted by molar-refractivity contribution is 0.0947. The Morgan fingerprint density at radius 1 is 1.45 bits per heavy atom. The zero-order valence-corrected chi connectivity index (χ0v) is 14.3. The molecule has 1 heterocycles. The highest BCUT2D eigenvalue weighted by Gasteiger charge is 2.15. The molecular weight excluding hydrogens is 320 g/mol. The van der Waals surface area contributed by atoms with E-state index >= 15 is 0 Å². The van der Waals surface area contributed by atoms with Gasteiger partial charge in [0, 0.05) is 30.3 Å². The Labute approximate surface area is 139 Å². The third-order valence-corrected chi connectivity index (χ3v) is 4.47. The van der Waals surface area contributed by atoms with E-state index in [2.05, 4.69) is 10.3 Å². The predicted octanol–water partition coefficient (Wildman–Crippen LogP) is 3.93. The van der Waals surface area contributed by atoms with Gasteiger partial charge in [-0.3, -0.25) is 4.79 Å². The fourth-order valence-electron chi connectivity index (χ4n) is 1.95. The minimum Gasteiger partial charge on any atom is -0.382 e. The van der Waals surface area contributed by atoms with Crippen molar-refractivity contribution < 1.29 is 9.53 Å². The first-order valence-electron chi connectivity index (χ1n) is 7.21. The molecule has 1 N–H and O–H groups in total. The van der Waals surface area contributed by atoms with Crippen LogP contribution in [0.5, 0.6) is 0 Å². The molecule has 0 aliphatic heterocycles. The third kappa shape index (κ3) is 4.53. The average Bonchev–Trinajstić information content (AvgIpc) is 2.89. The van der Waals surface area contributed by atoms with Crippen molar-refractivity contribution in [2.24, 2.45) is 0 Å². The van der Waals surface area contributed by atoms with Crippen LogP contribution in [0.25, 0.3) is 10.6 Å². The first-order chi connectivity index (χ1) is 10.6. The fraction of sp³-hybridized carbons (Fsp3) is 0.375. The normalized spacial score (nSPS) is 10.7. The lowest BCUT2D eigenvalue weighted by Crippen LogP contribution is -2.25. The molecule has 0 unspecified atom stereocenters. The van der Waals surface area contributed by atoms with Crippen LogP contribution in [0.3, 0.4) is 0 Å². The lowest BCUT2D eigenvalue weighted by Gasteiger charge is -2.04. The van der Waals surface area contributed by atoms with Crippen molar-refractivity contribution in [1.82, 2.24) is 10.3 Å². The maximum absolute atomic E-state index is 12.2. The molecule has 2 aromatic rings. The van der Waals surface area contributed by atoms with Crippen molar-refractivity contribution in [2.75, 3.05) is 19.8 Å². The van der Waals surface area contributed by atoms with E-state index < -0.39 is 0 Å². The Hall–Kier alpha value is -1.43. The fourth-order valence-corrected chi connectivity index (χ4v) is 3.12. The van der Waals surface area contributed by atoms with Gasteiger partial charge in [0.1, 0.15) is 9.88 Å². The van der Waals surface area contributed by atoms with E-state index in [0.717, 1.165) is 22.7 Å². The largest absolute Gasteiger partial charge is 0.382 e. The Kier molecular flexibility index (Phi) is 6.36. The average molecular weight is 339 g/mol. The Bertz CT molecular complexity index is 643. The van der Waals surface area contributed by atoms with E-state index in [1.165, 1.54) is 11.3 Å². The predicted molar refractivity (Wildman–Crippen MR) is 90.7 cm³/mol. The second-order valence-corrected chi connectivity index (χ2v) is 6.19. The molecule has 1 amide bonds. The summed E-state index contributed by atoms with van der Waals surface area (Å²) in [6.07, 6.45) is 0.804. The number of aryl methyl sites for hydroxylation is 1. The van der Waals surface area contributed by atoms with Crippen LogP contribution >= 0.6 is 22.9 Å². The molecule has 0 atom stereocenters. The molecule has 0 aliphatic carbocycles. The summed E-state index contributed by atoms with van der Waals surface area (Å²) in [6.45, 7) is 5.76. The number of amides is 1. The van der Waals surface area contributed by atoms with Gasteiger partial charge in [-0.05, 0) is 32.4 Å². The molecule has 0 spiro atoms. The highest BCUT2D eigenvalue weighted by molar-refractivity contribution is 7.17. The number of rotatable bonds is 7. The summed E-state index contributed by atoms with van der Waals surface area (Å²) < 4.78 is 5.24. The van der Waals surface area contributed by atoms with Gasteiger partial charge in [0.15, 0.2) is 0 Å². The van der Waals surface area contributed by atoms with Crippen molar-refractivity contribution in [1.29, 1.82) is 0 Å². The van der Waals surface area contributed by atoms with Crippen LogP contribution in [-0.2, 0) is 4.74 Å². The van der Waals surface area contributed by atoms with Gasteiger partial charge in [-0.15, -0.1) is 11.3 Å². The van der Waals surface area contributed by atoms with Crippen LogP contribution in [0.1, 0.15) is 28.7 Å². The van der Waals surface area contributed by atoms with Crippen molar-refractivity contribution in [3.63, 3.8) is 0 Å². The second kappa shape index (κ2) is 8.27. The molecule has 1 aromatic heterocycles. The summed E-state index contributed by atoms with van der Waals surface area (Å²) in [7, 11) is 0. The van der Waals surface area contributed by atoms with Gasteiger partial charge >= 0.3 is 0 Å². The lowest BCUT2D eigenvalue weighted by atomic mass is 10.2. The van der Waals surface area contributed by atoms with Crippen LogP contribution in [0, 0.1) is 6.92 Å². The number of carbonyl (C=O) groups is 1. The second-order valence-electron chi connectivity index (χ2n) is 4.75.